The molecule has 0 unspecified atom stereocenters. The summed E-state index contributed by atoms with van der Waals surface area (Å²) in [5.74, 6) is 1.74. The van der Waals surface area contributed by atoms with Crippen molar-refractivity contribution in [3.63, 3.8) is 0 Å². The van der Waals surface area contributed by atoms with E-state index in [1.54, 1.807) is 20.3 Å². The number of rotatable bonds is 6. The van der Waals surface area contributed by atoms with E-state index in [2.05, 4.69) is 11.4 Å². The first-order valence-electron chi connectivity index (χ1n) is 9.14. The monoisotopic (exact) mass is 357 g/mol. The van der Waals surface area contributed by atoms with Gasteiger partial charge in [0.05, 0.1) is 13.7 Å². The minimum Gasteiger partial charge on any atom is -0.496 e. The summed E-state index contributed by atoms with van der Waals surface area (Å²) in [6.07, 6.45) is 6.03. The topological polar surface area (TPSA) is 60.7 Å². The van der Waals surface area contributed by atoms with E-state index < -0.39 is 0 Å². The molecule has 1 heterocycles. The highest BCUT2D eigenvalue weighted by molar-refractivity contribution is 5.98. The summed E-state index contributed by atoms with van der Waals surface area (Å²) in [4.78, 5) is 12.1. The SMILES string of the molecule is COCCNC(=O)/C=C(\C)c1cc2c3c(oc2c(C)c1OC)CCCC3. The van der Waals surface area contributed by atoms with Crippen molar-refractivity contribution in [3.05, 3.63) is 34.6 Å². The Kier molecular flexibility index (Phi) is 5.67. The van der Waals surface area contributed by atoms with E-state index in [9.17, 15) is 4.79 Å². The fraction of sp³-hybridized carbons (Fsp3) is 0.476. The van der Waals surface area contributed by atoms with Crippen LogP contribution in [0, 0.1) is 6.92 Å². The van der Waals surface area contributed by atoms with Gasteiger partial charge in [-0.2, -0.15) is 0 Å². The van der Waals surface area contributed by atoms with E-state index in [1.807, 2.05) is 13.8 Å². The molecule has 5 nitrogen and oxygen atoms in total. The van der Waals surface area contributed by atoms with Crippen molar-refractivity contribution in [1.82, 2.24) is 5.32 Å². The number of nitrogens with one attached hydrogen (secondary N) is 1. The first-order valence-corrected chi connectivity index (χ1v) is 9.14. The van der Waals surface area contributed by atoms with Crippen molar-refractivity contribution >= 4 is 22.4 Å². The summed E-state index contributed by atoms with van der Waals surface area (Å²) < 4.78 is 16.8. The molecule has 26 heavy (non-hydrogen) atoms. The zero-order valence-electron chi connectivity index (χ0n) is 16.0. The maximum absolute atomic E-state index is 12.1. The van der Waals surface area contributed by atoms with E-state index in [4.69, 9.17) is 13.9 Å². The Morgan fingerprint density at radius 2 is 2.08 bits per heavy atom. The third-order valence-corrected chi connectivity index (χ3v) is 5.01. The molecule has 0 aliphatic heterocycles. The summed E-state index contributed by atoms with van der Waals surface area (Å²) in [5.41, 5.74) is 5.02. The maximum atomic E-state index is 12.1. The maximum Gasteiger partial charge on any atom is 0.244 e. The van der Waals surface area contributed by atoms with Crippen LogP contribution in [0.25, 0.3) is 16.5 Å². The van der Waals surface area contributed by atoms with Gasteiger partial charge >= 0.3 is 0 Å². The summed E-state index contributed by atoms with van der Waals surface area (Å²) in [6, 6.07) is 2.11. The van der Waals surface area contributed by atoms with Gasteiger partial charge in [0, 0.05) is 48.2 Å². The number of fused-ring (bicyclic) bond motifs is 3. The molecular weight excluding hydrogens is 330 g/mol. The number of hydrogen-bond acceptors (Lipinski definition) is 4. The molecule has 0 saturated carbocycles. The van der Waals surface area contributed by atoms with Crippen LogP contribution in [0.15, 0.2) is 16.6 Å². The first-order chi connectivity index (χ1) is 12.6. The number of methoxy groups -OCH3 is 2. The summed E-state index contributed by atoms with van der Waals surface area (Å²) in [5, 5.41) is 3.97. The Balaban J connectivity index is 2.02. The lowest BCUT2D eigenvalue weighted by molar-refractivity contribution is -0.116. The molecule has 1 aromatic carbocycles. The Bertz CT molecular complexity index is 848. The van der Waals surface area contributed by atoms with Gasteiger partial charge in [-0.1, -0.05) is 0 Å². The zero-order valence-corrected chi connectivity index (χ0v) is 16.0. The standard InChI is InChI=1S/C21H27NO4/c1-13(11-19(23)22-9-10-24-3)16-12-17-15-7-5-6-8-18(15)26-21(17)14(2)20(16)25-4/h11-12H,5-10H2,1-4H3,(H,22,23)/b13-11+. The Morgan fingerprint density at radius 1 is 1.31 bits per heavy atom. The average molecular weight is 357 g/mol. The molecule has 0 bridgehead atoms. The minimum absolute atomic E-state index is 0.131. The summed E-state index contributed by atoms with van der Waals surface area (Å²) in [6.45, 7) is 4.94. The second-order valence-corrected chi connectivity index (χ2v) is 6.78. The molecule has 0 fully saturated rings. The van der Waals surface area contributed by atoms with Crippen molar-refractivity contribution in [2.45, 2.75) is 39.5 Å². The second kappa shape index (κ2) is 7.96. The van der Waals surface area contributed by atoms with Crippen LogP contribution in [0.2, 0.25) is 0 Å². The Morgan fingerprint density at radius 3 is 2.81 bits per heavy atom. The quantitative estimate of drug-likeness (QED) is 0.631. The highest BCUT2D eigenvalue weighted by Crippen LogP contribution is 2.40. The third-order valence-electron chi connectivity index (χ3n) is 5.01. The van der Waals surface area contributed by atoms with Gasteiger partial charge in [0.1, 0.15) is 17.1 Å². The number of amides is 1. The number of benzene rings is 1. The van der Waals surface area contributed by atoms with Gasteiger partial charge in [-0.25, -0.2) is 0 Å². The van der Waals surface area contributed by atoms with Crippen LogP contribution < -0.4 is 10.1 Å². The van der Waals surface area contributed by atoms with E-state index >= 15 is 0 Å². The fourth-order valence-electron chi connectivity index (χ4n) is 3.69. The number of ether oxygens (including phenoxy) is 2. The zero-order chi connectivity index (χ0) is 18.7. The van der Waals surface area contributed by atoms with Crippen LogP contribution in [0.5, 0.6) is 5.75 Å². The molecule has 1 N–H and O–H groups in total. The lowest BCUT2D eigenvalue weighted by Crippen LogP contribution is -2.25. The molecule has 2 aromatic rings. The fourth-order valence-corrected chi connectivity index (χ4v) is 3.69. The molecule has 3 rings (SSSR count). The molecule has 1 aliphatic carbocycles. The number of allylic oxidation sites excluding steroid dienone is 1. The normalized spacial score (nSPS) is 14.4. The molecule has 1 aromatic heterocycles. The van der Waals surface area contributed by atoms with Crippen LogP contribution in [0.4, 0.5) is 0 Å². The number of hydrogen-bond donors (Lipinski definition) is 1. The van der Waals surface area contributed by atoms with Gasteiger partial charge in [0.15, 0.2) is 0 Å². The van der Waals surface area contributed by atoms with Gasteiger partial charge in [-0.15, -0.1) is 0 Å². The van der Waals surface area contributed by atoms with E-state index in [0.29, 0.717) is 13.2 Å². The van der Waals surface area contributed by atoms with E-state index in [-0.39, 0.29) is 5.91 Å². The van der Waals surface area contributed by atoms with Crippen molar-refractivity contribution in [1.29, 1.82) is 0 Å². The van der Waals surface area contributed by atoms with Crippen molar-refractivity contribution in [2.75, 3.05) is 27.4 Å². The van der Waals surface area contributed by atoms with Crippen LogP contribution in [0.1, 0.15) is 42.2 Å². The molecule has 0 spiro atoms. The van der Waals surface area contributed by atoms with Gasteiger partial charge in [-0.05, 0) is 44.7 Å². The Hall–Kier alpha value is -2.27. The Labute approximate surface area is 154 Å². The lowest BCUT2D eigenvalue weighted by atomic mass is 9.93. The number of furan rings is 1. The predicted molar refractivity (Wildman–Crippen MR) is 103 cm³/mol. The van der Waals surface area contributed by atoms with Crippen molar-refractivity contribution in [2.24, 2.45) is 0 Å². The highest BCUT2D eigenvalue weighted by atomic mass is 16.5. The van der Waals surface area contributed by atoms with Gasteiger partial charge in [-0.3, -0.25) is 4.79 Å². The van der Waals surface area contributed by atoms with Crippen molar-refractivity contribution < 1.29 is 18.7 Å². The summed E-state index contributed by atoms with van der Waals surface area (Å²) in [7, 11) is 3.27. The first kappa shape index (κ1) is 18.5. The molecule has 1 amide bonds. The number of aryl methyl sites for hydroxylation is 3. The molecule has 1 aliphatic rings. The largest absolute Gasteiger partial charge is 0.496 e. The molecule has 0 saturated heterocycles. The van der Waals surface area contributed by atoms with E-state index in [0.717, 1.165) is 52.0 Å². The molecule has 5 heteroatoms. The molecule has 140 valence electrons. The van der Waals surface area contributed by atoms with Gasteiger partial charge in [0.25, 0.3) is 0 Å². The van der Waals surface area contributed by atoms with Crippen LogP contribution in [-0.4, -0.2) is 33.3 Å². The smallest absolute Gasteiger partial charge is 0.244 e. The molecule has 0 radical (unpaired) electrons. The predicted octanol–water partition coefficient (Wildman–Crippen LogP) is 3.79. The van der Waals surface area contributed by atoms with Gasteiger partial charge < -0.3 is 19.2 Å². The number of carbonyl (C=O) groups excluding carboxylic acids is 1. The summed E-state index contributed by atoms with van der Waals surface area (Å²) >= 11 is 0. The molecular formula is C21H27NO4. The third kappa shape index (κ3) is 3.49. The average Bonchev–Trinajstić information content (AvgIpc) is 3.01. The lowest BCUT2D eigenvalue weighted by Gasteiger charge is -2.13. The van der Waals surface area contributed by atoms with Crippen LogP contribution >= 0.6 is 0 Å². The van der Waals surface area contributed by atoms with Crippen LogP contribution in [0.3, 0.4) is 0 Å². The van der Waals surface area contributed by atoms with Crippen molar-refractivity contribution in [3.8, 4) is 5.75 Å². The minimum atomic E-state index is -0.131. The van der Waals surface area contributed by atoms with Crippen LogP contribution in [-0.2, 0) is 22.4 Å². The second-order valence-electron chi connectivity index (χ2n) is 6.78. The van der Waals surface area contributed by atoms with E-state index in [1.165, 1.54) is 18.4 Å². The van der Waals surface area contributed by atoms with Gasteiger partial charge in [0.2, 0.25) is 5.91 Å². The number of carbonyl (C=O) groups is 1. The molecule has 0 atom stereocenters. The highest BCUT2D eigenvalue weighted by Gasteiger charge is 2.22.